The zero-order chi connectivity index (χ0) is 16.2. The van der Waals surface area contributed by atoms with Crippen molar-refractivity contribution in [3.8, 4) is 0 Å². The summed E-state index contributed by atoms with van der Waals surface area (Å²) < 4.78 is 27.6. The molecule has 2 N–H and O–H groups in total. The van der Waals surface area contributed by atoms with Gasteiger partial charge < -0.3 is 10.0 Å². The van der Waals surface area contributed by atoms with E-state index < -0.39 is 27.9 Å². The molecule has 0 aliphatic rings. The van der Waals surface area contributed by atoms with E-state index in [2.05, 4.69) is 9.82 Å². The summed E-state index contributed by atoms with van der Waals surface area (Å²) in [7, 11) is -0.852. The van der Waals surface area contributed by atoms with E-state index in [9.17, 15) is 18.0 Å². The summed E-state index contributed by atoms with van der Waals surface area (Å²) in [6.07, 6.45) is 2.28. The molecule has 9 nitrogen and oxygen atoms in total. The van der Waals surface area contributed by atoms with Gasteiger partial charge in [-0.1, -0.05) is 0 Å². The van der Waals surface area contributed by atoms with E-state index in [1.54, 1.807) is 7.05 Å². The van der Waals surface area contributed by atoms with Gasteiger partial charge in [0, 0.05) is 26.8 Å². The van der Waals surface area contributed by atoms with Gasteiger partial charge in [-0.15, -0.1) is 0 Å². The van der Waals surface area contributed by atoms with Gasteiger partial charge in [0.25, 0.3) is 0 Å². The van der Waals surface area contributed by atoms with Crippen LogP contribution in [-0.4, -0.2) is 59.7 Å². The second-order valence-electron chi connectivity index (χ2n) is 4.60. The normalized spacial score (nSPS) is 12.9. The molecule has 1 aromatic heterocycles. The molecule has 10 heteroatoms. The van der Waals surface area contributed by atoms with Gasteiger partial charge in [0.2, 0.25) is 15.9 Å². The molecule has 1 heterocycles. The van der Waals surface area contributed by atoms with Gasteiger partial charge in [-0.05, 0) is 6.92 Å². The quantitative estimate of drug-likeness (QED) is 0.666. The summed E-state index contributed by atoms with van der Waals surface area (Å²) >= 11 is 0. The maximum atomic E-state index is 12.0. The number of aliphatic carboxylic acids is 1. The predicted octanol–water partition coefficient (Wildman–Crippen LogP) is -0.980. The molecule has 1 atom stereocenters. The summed E-state index contributed by atoms with van der Waals surface area (Å²) in [5.74, 6) is -1.54. The minimum Gasteiger partial charge on any atom is -0.481 e. The molecule has 1 aromatic rings. The third kappa shape index (κ3) is 4.83. The lowest BCUT2D eigenvalue weighted by atomic mass is 10.3. The van der Waals surface area contributed by atoms with E-state index in [-0.39, 0.29) is 17.9 Å². The third-order valence-corrected chi connectivity index (χ3v) is 4.23. The lowest BCUT2D eigenvalue weighted by Gasteiger charge is -2.21. The van der Waals surface area contributed by atoms with E-state index in [0.717, 1.165) is 0 Å². The smallest absolute Gasteiger partial charge is 0.305 e. The standard InChI is InChI=1S/C11H18N4O5S/c1-8(11(18)14(2)5-4-10(16)17)13-21(19,20)9-6-12-15(3)7-9/h6-8,13H,4-5H2,1-3H3,(H,16,17). The molecule has 0 saturated carbocycles. The van der Waals surface area contributed by atoms with Crippen LogP contribution in [-0.2, 0) is 26.7 Å². The summed E-state index contributed by atoms with van der Waals surface area (Å²) in [5, 5.41) is 12.3. The summed E-state index contributed by atoms with van der Waals surface area (Å²) in [6, 6.07) is -1.01. The fourth-order valence-corrected chi connectivity index (χ4v) is 2.77. The number of aromatic nitrogens is 2. The Labute approximate surface area is 122 Å². The number of carbonyl (C=O) groups is 2. The molecule has 21 heavy (non-hydrogen) atoms. The Morgan fingerprint density at radius 3 is 2.62 bits per heavy atom. The topological polar surface area (TPSA) is 122 Å². The van der Waals surface area contributed by atoms with Gasteiger partial charge in [0.05, 0.1) is 18.7 Å². The first-order valence-corrected chi connectivity index (χ1v) is 7.59. The van der Waals surface area contributed by atoms with Crippen LogP contribution in [0.5, 0.6) is 0 Å². The van der Waals surface area contributed by atoms with Gasteiger partial charge >= 0.3 is 5.97 Å². The van der Waals surface area contributed by atoms with Crippen LogP contribution in [0, 0.1) is 0 Å². The number of likely N-dealkylation sites (N-methyl/N-ethyl adjacent to an activating group) is 1. The number of hydrogen-bond donors (Lipinski definition) is 2. The number of carboxylic acids is 1. The van der Waals surface area contributed by atoms with Crippen molar-refractivity contribution < 1.29 is 23.1 Å². The summed E-state index contributed by atoms with van der Waals surface area (Å²) in [4.78, 5) is 23.5. The van der Waals surface area contributed by atoms with Crippen molar-refractivity contribution in [3.05, 3.63) is 12.4 Å². The molecule has 118 valence electrons. The Hall–Kier alpha value is -1.94. The Bertz CT molecular complexity index is 624. The minimum atomic E-state index is -3.85. The average Bonchev–Trinajstić information content (AvgIpc) is 2.82. The van der Waals surface area contributed by atoms with E-state index in [1.165, 1.54) is 35.9 Å². The second kappa shape index (κ2) is 6.68. The molecule has 0 aromatic carbocycles. The number of carboxylic acid groups (broad SMARTS) is 1. The van der Waals surface area contributed by atoms with Crippen LogP contribution in [0.15, 0.2) is 17.3 Å². The van der Waals surface area contributed by atoms with Crippen molar-refractivity contribution in [2.75, 3.05) is 13.6 Å². The highest BCUT2D eigenvalue weighted by atomic mass is 32.2. The van der Waals surface area contributed by atoms with E-state index >= 15 is 0 Å². The van der Waals surface area contributed by atoms with Crippen LogP contribution >= 0.6 is 0 Å². The van der Waals surface area contributed by atoms with Gasteiger partial charge in [0.1, 0.15) is 4.90 Å². The average molecular weight is 318 g/mol. The first-order chi connectivity index (χ1) is 9.63. The van der Waals surface area contributed by atoms with Crippen LogP contribution < -0.4 is 4.72 Å². The molecule has 1 amide bonds. The van der Waals surface area contributed by atoms with Crippen LogP contribution in [0.25, 0.3) is 0 Å². The molecule has 0 spiro atoms. The number of amides is 1. The van der Waals surface area contributed by atoms with Gasteiger partial charge in [-0.2, -0.15) is 9.82 Å². The Morgan fingerprint density at radius 2 is 2.14 bits per heavy atom. The monoisotopic (exact) mass is 318 g/mol. The molecule has 1 rings (SSSR count). The molecule has 0 aliphatic carbocycles. The van der Waals surface area contributed by atoms with Crippen molar-refractivity contribution in [2.24, 2.45) is 7.05 Å². The van der Waals surface area contributed by atoms with Gasteiger partial charge in [0.15, 0.2) is 0 Å². The molecule has 1 unspecified atom stereocenters. The third-order valence-electron chi connectivity index (χ3n) is 2.73. The highest BCUT2D eigenvalue weighted by Gasteiger charge is 2.25. The molecular formula is C11H18N4O5S. The van der Waals surface area contributed by atoms with Gasteiger partial charge in [-0.3, -0.25) is 14.3 Å². The molecule has 0 radical (unpaired) electrons. The number of nitrogens with zero attached hydrogens (tertiary/aromatic N) is 3. The summed E-state index contributed by atoms with van der Waals surface area (Å²) in [5.41, 5.74) is 0. The first kappa shape index (κ1) is 17.1. The van der Waals surface area contributed by atoms with Crippen molar-refractivity contribution >= 4 is 21.9 Å². The number of rotatable bonds is 7. The largest absolute Gasteiger partial charge is 0.481 e. The second-order valence-corrected chi connectivity index (χ2v) is 6.31. The Balaban J connectivity index is 2.69. The molecule has 0 bridgehead atoms. The maximum Gasteiger partial charge on any atom is 0.305 e. The van der Waals surface area contributed by atoms with Crippen molar-refractivity contribution in [2.45, 2.75) is 24.3 Å². The van der Waals surface area contributed by atoms with Crippen LogP contribution in [0.3, 0.4) is 0 Å². The van der Waals surface area contributed by atoms with Crippen LogP contribution in [0.4, 0.5) is 0 Å². The van der Waals surface area contributed by atoms with Crippen molar-refractivity contribution in [3.63, 3.8) is 0 Å². The molecule has 0 fully saturated rings. The summed E-state index contributed by atoms with van der Waals surface area (Å²) in [6.45, 7) is 1.40. The number of hydrogen-bond acceptors (Lipinski definition) is 5. The fourth-order valence-electron chi connectivity index (χ4n) is 1.59. The highest BCUT2D eigenvalue weighted by Crippen LogP contribution is 2.07. The zero-order valence-electron chi connectivity index (χ0n) is 12.0. The zero-order valence-corrected chi connectivity index (χ0v) is 12.8. The van der Waals surface area contributed by atoms with E-state index in [4.69, 9.17) is 5.11 Å². The fraction of sp³-hybridized carbons (Fsp3) is 0.545. The minimum absolute atomic E-state index is 0.00707. The Kier molecular flexibility index (Phi) is 5.44. The van der Waals surface area contributed by atoms with Gasteiger partial charge in [-0.25, -0.2) is 8.42 Å². The number of carbonyl (C=O) groups excluding carboxylic acids is 1. The lowest BCUT2D eigenvalue weighted by molar-refractivity contribution is -0.138. The maximum absolute atomic E-state index is 12.0. The SMILES string of the molecule is CC(NS(=O)(=O)c1cnn(C)c1)C(=O)N(C)CCC(=O)O. The molecule has 0 saturated heterocycles. The number of nitrogens with one attached hydrogen (secondary N) is 1. The van der Waals surface area contributed by atoms with Crippen molar-refractivity contribution in [1.82, 2.24) is 19.4 Å². The van der Waals surface area contributed by atoms with E-state index in [0.29, 0.717) is 0 Å². The number of sulfonamides is 1. The van der Waals surface area contributed by atoms with Crippen LogP contribution in [0.2, 0.25) is 0 Å². The first-order valence-electron chi connectivity index (χ1n) is 6.11. The molecule has 0 aliphatic heterocycles. The van der Waals surface area contributed by atoms with E-state index in [1.807, 2.05) is 0 Å². The Morgan fingerprint density at radius 1 is 1.52 bits per heavy atom. The lowest BCUT2D eigenvalue weighted by Crippen LogP contribution is -2.45. The predicted molar refractivity (Wildman–Crippen MR) is 72.9 cm³/mol. The number of aryl methyl sites for hydroxylation is 1. The van der Waals surface area contributed by atoms with Crippen LogP contribution in [0.1, 0.15) is 13.3 Å². The van der Waals surface area contributed by atoms with Crippen molar-refractivity contribution in [1.29, 1.82) is 0 Å². The highest BCUT2D eigenvalue weighted by molar-refractivity contribution is 7.89. The molecular weight excluding hydrogens is 300 g/mol.